The van der Waals surface area contributed by atoms with Crippen molar-refractivity contribution in [3.63, 3.8) is 0 Å². The number of nitrogens with zero attached hydrogens (tertiary/aromatic N) is 4. The summed E-state index contributed by atoms with van der Waals surface area (Å²) in [6, 6.07) is 7.03. The molecule has 3 rings (SSSR count). The van der Waals surface area contributed by atoms with Crippen molar-refractivity contribution in [1.29, 1.82) is 0 Å². The molecule has 3 aromatic rings. The Bertz CT molecular complexity index is 801. The zero-order valence-corrected chi connectivity index (χ0v) is 9.12. The molecule has 0 saturated carbocycles. The third kappa shape index (κ3) is 1.59. The van der Waals surface area contributed by atoms with Crippen molar-refractivity contribution >= 4 is 11.0 Å². The van der Waals surface area contributed by atoms with E-state index >= 15 is 0 Å². The number of fused-ring (bicyclic) bond motifs is 1. The molecule has 0 atom stereocenters. The summed E-state index contributed by atoms with van der Waals surface area (Å²) >= 11 is 0. The molecule has 1 aromatic carbocycles. The first-order valence-electron chi connectivity index (χ1n) is 5.20. The molecule has 0 fully saturated rings. The third-order valence-electron chi connectivity index (χ3n) is 2.57. The normalized spacial score (nSPS) is 10.9. The summed E-state index contributed by atoms with van der Waals surface area (Å²) in [4.78, 5) is 25.9. The van der Waals surface area contributed by atoms with Crippen molar-refractivity contribution in [2.24, 2.45) is 0 Å². The Hall–Kier alpha value is -2.77. The van der Waals surface area contributed by atoms with Crippen LogP contribution < -0.4 is 11.1 Å². The molecular weight excluding hydrogens is 236 g/mol. The largest absolute Gasteiger partial charge is 0.317 e. The van der Waals surface area contributed by atoms with Crippen molar-refractivity contribution in [2.75, 3.05) is 0 Å². The zero-order valence-electron chi connectivity index (χ0n) is 9.12. The fourth-order valence-electron chi connectivity index (χ4n) is 1.77. The minimum atomic E-state index is -0.669. The van der Waals surface area contributed by atoms with Gasteiger partial charge in [-0.3, -0.25) is 14.2 Å². The summed E-state index contributed by atoms with van der Waals surface area (Å²) in [6.07, 6.45) is 0. The summed E-state index contributed by atoms with van der Waals surface area (Å²) in [5.41, 5.74) is -0.104. The van der Waals surface area contributed by atoms with E-state index in [2.05, 4.69) is 25.6 Å². The van der Waals surface area contributed by atoms with Crippen LogP contribution in [0.15, 0.2) is 33.9 Å². The lowest BCUT2D eigenvalue weighted by molar-refractivity contribution is 0.732. The molecule has 0 aliphatic heterocycles. The molecule has 0 radical (unpaired) electrons. The number of rotatable bonds is 2. The van der Waals surface area contributed by atoms with Gasteiger partial charge in [0.05, 0.1) is 17.6 Å². The van der Waals surface area contributed by atoms with E-state index in [0.717, 1.165) is 0 Å². The van der Waals surface area contributed by atoms with E-state index in [0.29, 0.717) is 16.9 Å². The molecule has 18 heavy (non-hydrogen) atoms. The van der Waals surface area contributed by atoms with Gasteiger partial charge in [0.2, 0.25) is 0 Å². The fourth-order valence-corrected chi connectivity index (χ4v) is 1.77. The lowest BCUT2D eigenvalue weighted by Crippen LogP contribution is -2.36. The molecule has 2 heterocycles. The van der Waals surface area contributed by atoms with Gasteiger partial charge in [-0.15, -0.1) is 10.2 Å². The molecule has 8 heteroatoms. The highest BCUT2D eigenvalue weighted by molar-refractivity contribution is 5.74. The molecular formula is C10H8N6O2. The van der Waals surface area contributed by atoms with Gasteiger partial charge in [-0.25, -0.2) is 0 Å². The molecule has 2 N–H and O–H groups in total. The molecule has 0 bridgehead atoms. The van der Waals surface area contributed by atoms with E-state index in [-0.39, 0.29) is 6.54 Å². The Morgan fingerprint density at radius 1 is 1.22 bits per heavy atom. The van der Waals surface area contributed by atoms with Crippen molar-refractivity contribution in [1.82, 2.24) is 30.2 Å². The van der Waals surface area contributed by atoms with E-state index in [1.165, 1.54) is 4.57 Å². The molecule has 0 saturated heterocycles. The maximum atomic E-state index is 11.8. The van der Waals surface area contributed by atoms with Gasteiger partial charge in [-0.2, -0.15) is 5.21 Å². The second kappa shape index (κ2) is 3.91. The molecule has 0 aliphatic rings. The number of para-hydroxylation sites is 2. The van der Waals surface area contributed by atoms with Crippen molar-refractivity contribution in [3.8, 4) is 0 Å². The molecule has 0 amide bonds. The topological polar surface area (TPSA) is 109 Å². The third-order valence-corrected chi connectivity index (χ3v) is 2.57. The van der Waals surface area contributed by atoms with Crippen LogP contribution in [0.25, 0.3) is 11.0 Å². The highest BCUT2D eigenvalue weighted by Gasteiger charge is 2.09. The van der Waals surface area contributed by atoms with E-state index < -0.39 is 11.1 Å². The Labute approximate surface area is 99.3 Å². The minimum Gasteiger partial charge on any atom is -0.316 e. The number of aromatic amines is 2. The SMILES string of the molecule is O=c1[nH]c2ccccc2n(Cc2nn[nH]n2)c1=O. The first-order chi connectivity index (χ1) is 8.75. The van der Waals surface area contributed by atoms with Crippen LogP contribution in [0.1, 0.15) is 5.82 Å². The molecule has 8 nitrogen and oxygen atoms in total. The molecule has 0 spiro atoms. The number of benzene rings is 1. The second-order valence-electron chi connectivity index (χ2n) is 3.69. The first kappa shape index (κ1) is 10.4. The summed E-state index contributed by atoms with van der Waals surface area (Å²) < 4.78 is 1.32. The van der Waals surface area contributed by atoms with Crippen LogP contribution >= 0.6 is 0 Å². The molecule has 0 unspecified atom stereocenters. The average molecular weight is 244 g/mol. The van der Waals surface area contributed by atoms with Crippen LogP contribution in [0, 0.1) is 0 Å². The summed E-state index contributed by atoms with van der Waals surface area (Å²) in [5, 5.41) is 13.3. The standard InChI is InChI=1S/C10H8N6O2/c17-9-10(18)16(5-8-12-14-15-13-8)7-4-2-1-3-6(7)11-9/h1-4H,5H2,(H,11,17)(H,12,13,14,15). The Balaban J connectivity index is 2.29. The second-order valence-corrected chi connectivity index (χ2v) is 3.69. The highest BCUT2D eigenvalue weighted by atomic mass is 16.2. The van der Waals surface area contributed by atoms with Gasteiger partial charge < -0.3 is 4.98 Å². The number of aromatic nitrogens is 6. The number of hydrogen-bond donors (Lipinski definition) is 2. The van der Waals surface area contributed by atoms with Gasteiger partial charge in [0.1, 0.15) is 0 Å². The predicted octanol–water partition coefficient (Wildman–Crippen LogP) is -0.749. The first-order valence-corrected chi connectivity index (χ1v) is 5.20. The smallest absolute Gasteiger partial charge is 0.316 e. The van der Waals surface area contributed by atoms with Gasteiger partial charge in [0.15, 0.2) is 5.82 Å². The van der Waals surface area contributed by atoms with Gasteiger partial charge in [0.25, 0.3) is 0 Å². The van der Waals surface area contributed by atoms with E-state index in [1.54, 1.807) is 24.3 Å². The predicted molar refractivity (Wildman–Crippen MR) is 62.1 cm³/mol. The van der Waals surface area contributed by atoms with Crippen molar-refractivity contribution < 1.29 is 0 Å². The van der Waals surface area contributed by atoms with Crippen molar-refractivity contribution in [3.05, 3.63) is 50.8 Å². The van der Waals surface area contributed by atoms with Gasteiger partial charge in [0, 0.05) is 0 Å². The van der Waals surface area contributed by atoms with E-state index in [4.69, 9.17) is 0 Å². The quantitative estimate of drug-likeness (QED) is 0.576. The summed E-state index contributed by atoms with van der Waals surface area (Å²) in [7, 11) is 0. The molecule has 90 valence electrons. The van der Waals surface area contributed by atoms with Crippen LogP contribution in [0.4, 0.5) is 0 Å². The van der Waals surface area contributed by atoms with Gasteiger partial charge in [-0.05, 0) is 12.1 Å². The Morgan fingerprint density at radius 2 is 2.06 bits per heavy atom. The minimum absolute atomic E-state index is 0.0970. The van der Waals surface area contributed by atoms with Crippen molar-refractivity contribution in [2.45, 2.75) is 6.54 Å². The number of H-pyrrole nitrogens is 2. The van der Waals surface area contributed by atoms with E-state index in [9.17, 15) is 9.59 Å². The number of tetrazole rings is 1. The lowest BCUT2D eigenvalue weighted by Gasteiger charge is -2.06. The van der Waals surface area contributed by atoms with Crippen LogP contribution in [0.2, 0.25) is 0 Å². The fraction of sp³-hybridized carbons (Fsp3) is 0.100. The number of nitrogens with one attached hydrogen (secondary N) is 2. The summed E-state index contributed by atoms with van der Waals surface area (Å²) in [6.45, 7) is 0.0970. The maximum absolute atomic E-state index is 11.8. The zero-order chi connectivity index (χ0) is 12.5. The van der Waals surface area contributed by atoms with E-state index in [1.807, 2.05) is 0 Å². The van der Waals surface area contributed by atoms with Crippen LogP contribution in [0.5, 0.6) is 0 Å². The monoisotopic (exact) mass is 244 g/mol. The molecule has 2 aromatic heterocycles. The van der Waals surface area contributed by atoms with Crippen LogP contribution in [-0.4, -0.2) is 30.2 Å². The summed E-state index contributed by atoms with van der Waals surface area (Å²) in [5.74, 6) is 0.341. The highest BCUT2D eigenvalue weighted by Crippen LogP contribution is 2.07. The Kier molecular flexibility index (Phi) is 2.26. The molecule has 0 aliphatic carbocycles. The van der Waals surface area contributed by atoms with Crippen LogP contribution in [-0.2, 0) is 6.54 Å². The van der Waals surface area contributed by atoms with Crippen LogP contribution in [0.3, 0.4) is 0 Å². The lowest BCUT2D eigenvalue weighted by atomic mass is 10.3. The Morgan fingerprint density at radius 3 is 2.83 bits per heavy atom. The van der Waals surface area contributed by atoms with Gasteiger partial charge >= 0.3 is 11.1 Å². The van der Waals surface area contributed by atoms with Gasteiger partial charge in [-0.1, -0.05) is 17.3 Å². The maximum Gasteiger partial charge on any atom is 0.317 e. The average Bonchev–Trinajstić information content (AvgIpc) is 2.88. The number of hydrogen-bond acceptors (Lipinski definition) is 5.